The molecule has 8 heteroatoms. The lowest BCUT2D eigenvalue weighted by Gasteiger charge is -2.19. The van der Waals surface area contributed by atoms with Gasteiger partial charge in [-0.3, -0.25) is 4.79 Å². The lowest BCUT2D eigenvalue weighted by molar-refractivity contribution is 0.102. The van der Waals surface area contributed by atoms with Crippen LogP contribution in [0, 0.1) is 0 Å². The van der Waals surface area contributed by atoms with Crippen molar-refractivity contribution in [3.05, 3.63) is 35.1 Å². The van der Waals surface area contributed by atoms with Crippen LogP contribution in [0.3, 0.4) is 0 Å². The van der Waals surface area contributed by atoms with Gasteiger partial charge >= 0.3 is 0 Å². The molecular weight excluding hydrogens is 340 g/mol. The van der Waals surface area contributed by atoms with Crippen LogP contribution < -0.4 is 10.2 Å². The molecule has 2 heterocycles. The lowest BCUT2D eigenvalue weighted by Crippen LogP contribution is -2.26. The number of carbonyl (C=O) groups excluding carboxylic acids is 1. The van der Waals surface area contributed by atoms with Gasteiger partial charge in [0.2, 0.25) is 5.95 Å². The quantitative estimate of drug-likeness (QED) is 0.878. The molecule has 1 amide bonds. The van der Waals surface area contributed by atoms with E-state index in [1.54, 1.807) is 12.4 Å². The molecule has 2 rings (SSSR count). The molecule has 0 unspecified atom stereocenters. The molecule has 134 valence electrons. The van der Waals surface area contributed by atoms with Crippen molar-refractivity contribution in [2.45, 2.75) is 40.0 Å². The molecule has 0 saturated heterocycles. The maximum Gasteiger partial charge on any atom is 0.276 e. The molecule has 0 fully saturated rings. The Hall–Kier alpha value is -2.28. The second kappa shape index (κ2) is 7.74. The second-order valence-corrected chi connectivity index (χ2v) is 6.95. The molecular formula is C17H23ClN6O. The molecule has 0 radical (unpaired) electrons. The summed E-state index contributed by atoms with van der Waals surface area (Å²) in [4.78, 5) is 31.5. The first-order chi connectivity index (χ1) is 11.8. The highest BCUT2D eigenvalue weighted by Gasteiger charge is 2.19. The minimum absolute atomic E-state index is 0.124. The number of rotatable bonds is 5. The van der Waals surface area contributed by atoms with E-state index in [0.717, 1.165) is 13.1 Å². The first-order valence-electron chi connectivity index (χ1n) is 8.17. The summed E-state index contributed by atoms with van der Waals surface area (Å²) >= 11 is 6.10. The van der Waals surface area contributed by atoms with Gasteiger partial charge in [-0.2, -0.15) is 0 Å². The van der Waals surface area contributed by atoms with Gasteiger partial charge in [-0.1, -0.05) is 32.4 Å². The monoisotopic (exact) mass is 362 g/mol. The van der Waals surface area contributed by atoms with Crippen LogP contribution in [0.25, 0.3) is 0 Å². The third-order valence-electron chi connectivity index (χ3n) is 3.57. The van der Waals surface area contributed by atoms with Crippen molar-refractivity contribution >= 4 is 29.1 Å². The van der Waals surface area contributed by atoms with Crippen LogP contribution in [0.5, 0.6) is 0 Å². The Labute approximate surface area is 152 Å². The van der Waals surface area contributed by atoms with E-state index in [9.17, 15) is 4.79 Å². The van der Waals surface area contributed by atoms with Crippen LogP contribution in [0.2, 0.25) is 5.02 Å². The van der Waals surface area contributed by atoms with Crippen LogP contribution in [0.15, 0.2) is 18.6 Å². The molecule has 0 aliphatic rings. The summed E-state index contributed by atoms with van der Waals surface area (Å²) in [7, 11) is 0. The van der Waals surface area contributed by atoms with E-state index in [0.29, 0.717) is 17.5 Å². The highest BCUT2D eigenvalue weighted by molar-refractivity contribution is 6.34. The zero-order valence-corrected chi connectivity index (χ0v) is 15.9. The molecule has 1 N–H and O–H groups in total. The van der Waals surface area contributed by atoms with Gasteiger partial charge < -0.3 is 10.2 Å². The zero-order chi connectivity index (χ0) is 18.6. The molecule has 0 aliphatic heterocycles. The molecule has 25 heavy (non-hydrogen) atoms. The van der Waals surface area contributed by atoms with Crippen molar-refractivity contribution in [3.63, 3.8) is 0 Å². The molecule has 7 nitrogen and oxygen atoms in total. The first-order valence-corrected chi connectivity index (χ1v) is 8.55. The smallest absolute Gasteiger partial charge is 0.276 e. The Bertz CT molecular complexity index is 738. The van der Waals surface area contributed by atoms with E-state index in [1.807, 2.05) is 39.5 Å². The summed E-state index contributed by atoms with van der Waals surface area (Å²) < 4.78 is 0. The van der Waals surface area contributed by atoms with E-state index in [1.165, 1.54) is 6.20 Å². The van der Waals surface area contributed by atoms with Crippen LogP contribution in [0.4, 0.5) is 11.6 Å². The Kier molecular flexibility index (Phi) is 5.89. The standard InChI is InChI=1S/C17H23ClN6O/c1-6-24(7-2)16-21-10-12(18)13(23-16)14(25)22-11-8-19-15(20-9-11)17(3,4)5/h8-10H,6-7H2,1-5H3,(H,22,25). The Balaban J connectivity index is 2.22. The molecule has 0 aromatic carbocycles. The lowest BCUT2D eigenvalue weighted by atomic mass is 9.96. The van der Waals surface area contributed by atoms with Crippen LogP contribution in [0.1, 0.15) is 50.9 Å². The van der Waals surface area contributed by atoms with Gasteiger partial charge in [0.1, 0.15) is 5.82 Å². The van der Waals surface area contributed by atoms with E-state index in [4.69, 9.17) is 11.6 Å². The summed E-state index contributed by atoms with van der Waals surface area (Å²) in [6, 6.07) is 0. The Morgan fingerprint density at radius 3 is 2.24 bits per heavy atom. The normalized spacial score (nSPS) is 11.3. The van der Waals surface area contributed by atoms with Gasteiger partial charge in [-0.05, 0) is 13.8 Å². The molecule has 2 aromatic heterocycles. The molecule has 0 aliphatic carbocycles. The maximum atomic E-state index is 12.5. The van der Waals surface area contributed by atoms with Crippen LogP contribution >= 0.6 is 11.6 Å². The maximum absolute atomic E-state index is 12.5. The molecule has 0 bridgehead atoms. The van der Waals surface area contributed by atoms with Gasteiger partial charge in [0, 0.05) is 18.5 Å². The Morgan fingerprint density at radius 2 is 1.72 bits per heavy atom. The molecule has 0 saturated carbocycles. The predicted octanol–water partition coefficient (Wildman–Crippen LogP) is 3.32. The number of aromatic nitrogens is 4. The van der Waals surface area contributed by atoms with Crippen molar-refractivity contribution < 1.29 is 4.79 Å². The fourth-order valence-corrected chi connectivity index (χ4v) is 2.32. The molecule has 2 aromatic rings. The van der Waals surface area contributed by atoms with Crippen LogP contribution in [-0.2, 0) is 5.41 Å². The average molecular weight is 363 g/mol. The number of nitrogens with one attached hydrogen (secondary N) is 1. The van der Waals surface area contributed by atoms with E-state index >= 15 is 0 Å². The topological polar surface area (TPSA) is 83.9 Å². The number of nitrogens with zero attached hydrogens (tertiary/aromatic N) is 5. The van der Waals surface area contributed by atoms with Gasteiger partial charge in [-0.25, -0.2) is 19.9 Å². The minimum atomic E-state index is -0.423. The highest BCUT2D eigenvalue weighted by atomic mass is 35.5. The Morgan fingerprint density at radius 1 is 1.12 bits per heavy atom. The van der Waals surface area contributed by atoms with Gasteiger partial charge in [-0.15, -0.1) is 0 Å². The van der Waals surface area contributed by atoms with E-state index in [-0.39, 0.29) is 16.1 Å². The number of hydrogen-bond donors (Lipinski definition) is 1. The first kappa shape index (κ1) is 19.1. The van der Waals surface area contributed by atoms with Crippen molar-refractivity contribution in [2.24, 2.45) is 0 Å². The summed E-state index contributed by atoms with van der Waals surface area (Å²) in [5.41, 5.74) is 0.451. The third kappa shape index (κ3) is 4.63. The summed E-state index contributed by atoms with van der Waals surface area (Å²) in [5.74, 6) is 0.751. The van der Waals surface area contributed by atoms with Gasteiger partial charge in [0.05, 0.1) is 29.3 Å². The number of halogens is 1. The zero-order valence-electron chi connectivity index (χ0n) is 15.2. The summed E-state index contributed by atoms with van der Waals surface area (Å²) in [6.45, 7) is 11.5. The van der Waals surface area contributed by atoms with Gasteiger partial charge in [0.15, 0.2) is 5.69 Å². The van der Waals surface area contributed by atoms with E-state index < -0.39 is 5.91 Å². The second-order valence-electron chi connectivity index (χ2n) is 6.54. The minimum Gasteiger partial charge on any atom is -0.341 e. The van der Waals surface area contributed by atoms with Crippen molar-refractivity contribution in [3.8, 4) is 0 Å². The predicted molar refractivity (Wildman–Crippen MR) is 99.3 cm³/mol. The van der Waals surface area contributed by atoms with Crippen molar-refractivity contribution in [1.29, 1.82) is 0 Å². The van der Waals surface area contributed by atoms with Crippen molar-refractivity contribution in [2.75, 3.05) is 23.3 Å². The number of amides is 1. The van der Waals surface area contributed by atoms with Gasteiger partial charge in [0.25, 0.3) is 5.91 Å². The largest absolute Gasteiger partial charge is 0.341 e. The van der Waals surface area contributed by atoms with Crippen molar-refractivity contribution in [1.82, 2.24) is 19.9 Å². The summed E-state index contributed by atoms with van der Waals surface area (Å²) in [6.07, 6.45) is 4.59. The van der Waals surface area contributed by atoms with E-state index in [2.05, 4.69) is 25.3 Å². The average Bonchev–Trinajstić information content (AvgIpc) is 2.57. The fraction of sp³-hybridized carbons (Fsp3) is 0.471. The number of hydrogen-bond acceptors (Lipinski definition) is 6. The third-order valence-corrected chi connectivity index (χ3v) is 3.85. The summed E-state index contributed by atoms with van der Waals surface area (Å²) in [5, 5.41) is 2.92. The van der Waals surface area contributed by atoms with Crippen LogP contribution in [-0.4, -0.2) is 38.9 Å². The fourth-order valence-electron chi connectivity index (χ4n) is 2.15. The molecule has 0 spiro atoms. The molecule has 0 atom stereocenters. The highest BCUT2D eigenvalue weighted by Crippen LogP contribution is 2.20. The SMILES string of the molecule is CCN(CC)c1ncc(Cl)c(C(=O)Nc2cnc(C(C)(C)C)nc2)n1. The number of carbonyl (C=O) groups is 1. The number of anilines is 2.